The molecule has 1 aliphatic heterocycles. The molecule has 0 atom stereocenters. The van der Waals surface area contributed by atoms with E-state index in [1.165, 1.54) is 0 Å². The number of benzene rings is 1. The van der Waals surface area contributed by atoms with Gasteiger partial charge in [0.05, 0.1) is 11.2 Å². The number of ether oxygens (including phenoxy) is 2. The van der Waals surface area contributed by atoms with Crippen molar-refractivity contribution in [1.29, 1.82) is 0 Å². The van der Waals surface area contributed by atoms with Crippen molar-refractivity contribution < 1.29 is 14.3 Å². The highest BCUT2D eigenvalue weighted by molar-refractivity contribution is 6.31. The van der Waals surface area contributed by atoms with Crippen LogP contribution in [0.15, 0.2) is 36.7 Å². The summed E-state index contributed by atoms with van der Waals surface area (Å²) in [5.41, 5.74) is 2.72. The predicted molar refractivity (Wildman–Crippen MR) is 104 cm³/mol. The molecular formula is C20H20ClN3O3. The van der Waals surface area contributed by atoms with Crippen LogP contribution >= 0.6 is 11.6 Å². The summed E-state index contributed by atoms with van der Waals surface area (Å²) in [7, 11) is 3.51. The van der Waals surface area contributed by atoms with Crippen molar-refractivity contribution in [3.8, 4) is 11.5 Å². The van der Waals surface area contributed by atoms with Crippen LogP contribution in [0.3, 0.4) is 0 Å². The Morgan fingerprint density at radius 2 is 2.04 bits per heavy atom. The number of carbonyl (C=O) groups excluding carboxylic acids is 1. The van der Waals surface area contributed by atoms with E-state index in [1.807, 2.05) is 35.0 Å². The number of rotatable bonds is 4. The maximum Gasteiger partial charge on any atom is 0.241 e. The van der Waals surface area contributed by atoms with Crippen LogP contribution in [-0.4, -0.2) is 47.7 Å². The zero-order valence-electron chi connectivity index (χ0n) is 15.2. The fraction of sp³-hybridized carbons (Fsp3) is 0.300. The highest BCUT2D eigenvalue weighted by Crippen LogP contribution is 2.39. The predicted octanol–water partition coefficient (Wildman–Crippen LogP) is 3.14. The van der Waals surface area contributed by atoms with Crippen LogP contribution < -0.4 is 9.47 Å². The highest BCUT2D eigenvalue weighted by Gasteiger charge is 2.20. The fourth-order valence-electron chi connectivity index (χ4n) is 3.23. The minimum absolute atomic E-state index is 0.0385. The van der Waals surface area contributed by atoms with Gasteiger partial charge in [0.1, 0.15) is 19.8 Å². The molecule has 0 radical (unpaired) electrons. The second-order valence-corrected chi connectivity index (χ2v) is 7.06. The summed E-state index contributed by atoms with van der Waals surface area (Å²) in [5.74, 6) is 1.44. The molecule has 7 heteroatoms. The zero-order chi connectivity index (χ0) is 19.0. The summed E-state index contributed by atoms with van der Waals surface area (Å²) in [6.07, 6.45) is 4.20. The monoisotopic (exact) mass is 385 g/mol. The Bertz CT molecular complexity index is 1010. The largest absolute Gasteiger partial charge is 0.486 e. The van der Waals surface area contributed by atoms with Gasteiger partial charge in [0.2, 0.25) is 5.91 Å². The van der Waals surface area contributed by atoms with Crippen LogP contribution in [0.25, 0.3) is 10.9 Å². The van der Waals surface area contributed by atoms with Crippen molar-refractivity contribution in [2.24, 2.45) is 0 Å². The number of pyridine rings is 1. The van der Waals surface area contributed by atoms with E-state index in [4.69, 9.17) is 21.1 Å². The van der Waals surface area contributed by atoms with Crippen molar-refractivity contribution in [1.82, 2.24) is 14.5 Å². The molecule has 0 fully saturated rings. The Morgan fingerprint density at radius 3 is 2.85 bits per heavy atom. The number of halogens is 1. The number of hydrogen-bond acceptors (Lipinski definition) is 4. The van der Waals surface area contributed by atoms with Gasteiger partial charge in [0.25, 0.3) is 0 Å². The first-order valence-electron chi connectivity index (χ1n) is 8.74. The number of aromatic nitrogens is 2. The van der Waals surface area contributed by atoms with Gasteiger partial charge in [-0.2, -0.15) is 0 Å². The van der Waals surface area contributed by atoms with Gasteiger partial charge in [-0.3, -0.25) is 9.78 Å². The molecule has 0 saturated carbocycles. The molecule has 2 aromatic heterocycles. The van der Waals surface area contributed by atoms with Gasteiger partial charge in [-0.25, -0.2) is 0 Å². The Morgan fingerprint density at radius 1 is 1.22 bits per heavy atom. The molecule has 0 aliphatic carbocycles. The second-order valence-electron chi connectivity index (χ2n) is 6.65. The molecule has 6 nitrogen and oxygen atoms in total. The van der Waals surface area contributed by atoms with Gasteiger partial charge in [-0.1, -0.05) is 11.6 Å². The number of amides is 1. The van der Waals surface area contributed by atoms with E-state index in [-0.39, 0.29) is 5.91 Å². The lowest BCUT2D eigenvalue weighted by Gasteiger charge is -2.22. The van der Waals surface area contributed by atoms with E-state index in [2.05, 4.69) is 4.98 Å². The molecule has 27 heavy (non-hydrogen) atoms. The lowest BCUT2D eigenvalue weighted by molar-refractivity contribution is -0.129. The minimum Gasteiger partial charge on any atom is -0.486 e. The van der Waals surface area contributed by atoms with Crippen molar-refractivity contribution in [3.63, 3.8) is 0 Å². The molecule has 1 amide bonds. The number of likely N-dealkylation sites (N-methyl/N-ethyl adjacent to an activating group) is 1. The Kier molecular flexibility index (Phi) is 4.66. The van der Waals surface area contributed by atoms with Gasteiger partial charge in [0, 0.05) is 48.9 Å². The SMILES string of the molecule is CN(C)C(=O)Cn1ccc2c(Cc3c(Cl)ccc4c3OCCO4)nccc21. The van der Waals surface area contributed by atoms with E-state index >= 15 is 0 Å². The lowest BCUT2D eigenvalue weighted by Crippen LogP contribution is -2.25. The minimum atomic E-state index is 0.0385. The molecule has 0 saturated heterocycles. The quantitative estimate of drug-likeness (QED) is 0.692. The molecule has 3 aromatic rings. The highest BCUT2D eigenvalue weighted by atomic mass is 35.5. The number of fused-ring (bicyclic) bond motifs is 2. The molecule has 4 rings (SSSR count). The van der Waals surface area contributed by atoms with Crippen molar-refractivity contribution in [2.45, 2.75) is 13.0 Å². The Balaban J connectivity index is 1.72. The smallest absolute Gasteiger partial charge is 0.241 e. The lowest BCUT2D eigenvalue weighted by atomic mass is 10.0. The van der Waals surface area contributed by atoms with E-state index < -0.39 is 0 Å². The first-order chi connectivity index (χ1) is 13.0. The Hall–Kier alpha value is -2.73. The van der Waals surface area contributed by atoms with Crippen LogP contribution in [0.2, 0.25) is 5.02 Å². The number of carbonyl (C=O) groups is 1. The molecule has 0 spiro atoms. The first-order valence-corrected chi connectivity index (χ1v) is 9.12. The third-order valence-electron chi connectivity index (χ3n) is 4.68. The van der Waals surface area contributed by atoms with Crippen molar-refractivity contribution in [2.75, 3.05) is 27.3 Å². The van der Waals surface area contributed by atoms with Gasteiger partial charge in [-0.05, 0) is 24.3 Å². The topological polar surface area (TPSA) is 56.6 Å². The standard InChI is InChI=1S/C20H20ClN3O3/c1-23(2)19(25)12-24-8-6-13-16(22-7-5-17(13)24)11-14-15(21)3-4-18-20(14)27-10-9-26-18/h3-8H,9-12H2,1-2H3. The van der Waals surface area contributed by atoms with Crippen LogP contribution in [0.4, 0.5) is 0 Å². The van der Waals surface area contributed by atoms with Crippen molar-refractivity contribution in [3.05, 3.63) is 52.9 Å². The van der Waals surface area contributed by atoms with Crippen LogP contribution in [0.1, 0.15) is 11.3 Å². The summed E-state index contributed by atoms with van der Waals surface area (Å²) in [6.45, 7) is 1.32. The molecule has 1 aromatic carbocycles. The molecule has 3 heterocycles. The summed E-state index contributed by atoms with van der Waals surface area (Å²) < 4.78 is 13.4. The number of hydrogen-bond donors (Lipinski definition) is 0. The summed E-state index contributed by atoms with van der Waals surface area (Å²) in [6, 6.07) is 7.56. The first kappa shape index (κ1) is 17.7. The molecular weight excluding hydrogens is 366 g/mol. The van der Waals surface area contributed by atoms with Crippen LogP contribution in [0, 0.1) is 0 Å². The van der Waals surface area contributed by atoms with Gasteiger partial charge < -0.3 is 18.9 Å². The normalized spacial score (nSPS) is 13.0. The molecule has 1 aliphatic rings. The van der Waals surface area contributed by atoms with Gasteiger partial charge in [-0.15, -0.1) is 0 Å². The van der Waals surface area contributed by atoms with Crippen LogP contribution in [0.5, 0.6) is 11.5 Å². The average molecular weight is 386 g/mol. The zero-order valence-corrected chi connectivity index (χ0v) is 16.0. The summed E-state index contributed by atoms with van der Waals surface area (Å²) >= 11 is 6.45. The van der Waals surface area contributed by atoms with Gasteiger partial charge in [0.15, 0.2) is 11.5 Å². The number of nitrogens with zero attached hydrogens (tertiary/aromatic N) is 3. The van der Waals surface area contributed by atoms with E-state index in [0.717, 1.165) is 22.2 Å². The van der Waals surface area contributed by atoms with Gasteiger partial charge >= 0.3 is 0 Å². The third kappa shape index (κ3) is 3.32. The molecule has 0 N–H and O–H groups in total. The maximum atomic E-state index is 12.1. The fourth-order valence-corrected chi connectivity index (χ4v) is 3.45. The molecule has 0 bridgehead atoms. The average Bonchev–Trinajstić information content (AvgIpc) is 3.08. The molecule has 0 unspecified atom stereocenters. The molecule has 140 valence electrons. The van der Waals surface area contributed by atoms with E-state index in [0.29, 0.717) is 42.7 Å². The second kappa shape index (κ2) is 7.12. The summed E-state index contributed by atoms with van der Waals surface area (Å²) in [4.78, 5) is 18.2. The summed E-state index contributed by atoms with van der Waals surface area (Å²) in [5, 5.41) is 1.62. The van der Waals surface area contributed by atoms with Crippen molar-refractivity contribution >= 4 is 28.4 Å². The van der Waals surface area contributed by atoms with E-state index in [1.54, 1.807) is 25.2 Å². The maximum absolute atomic E-state index is 12.1. The third-order valence-corrected chi connectivity index (χ3v) is 5.04. The Labute approximate surface area is 162 Å². The van der Waals surface area contributed by atoms with Crippen LogP contribution in [-0.2, 0) is 17.8 Å². The van der Waals surface area contributed by atoms with E-state index in [9.17, 15) is 4.79 Å².